The average molecular weight is 644 g/mol. The standard InChI is InChI=1S/2C11H21NO3.C11H19NO3/c3*1-8-7-9(13)5-6-12(8)10(14)15-11(2,3)4/h2*8-9,13H,5-7H2,1-4H3;8H,5-7H2,1-4H3/t8-,9+;8-,9-;8-/m000/s1. The summed E-state index contributed by atoms with van der Waals surface area (Å²) in [5.41, 5.74) is -1.38. The summed E-state index contributed by atoms with van der Waals surface area (Å²) >= 11 is 0. The number of rotatable bonds is 0. The molecule has 0 aromatic rings. The molecule has 3 aliphatic rings. The lowest BCUT2D eigenvalue weighted by Gasteiger charge is -2.36. The van der Waals surface area contributed by atoms with Crippen LogP contribution in [-0.2, 0) is 19.0 Å². The number of carbonyl (C=O) groups is 4. The predicted molar refractivity (Wildman–Crippen MR) is 172 cm³/mol. The molecular weight excluding hydrogens is 582 g/mol. The van der Waals surface area contributed by atoms with Crippen molar-refractivity contribution < 1.29 is 43.6 Å². The maximum absolute atomic E-state index is 11.8. The Hall–Kier alpha value is -2.60. The van der Waals surface area contributed by atoms with Gasteiger partial charge in [-0.05, 0) is 109 Å². The van der Waals surface area contributed by atoms with Gasteiger partial charge in [0, 0.05) is 50.6 Å². The molecule has 12 nitrogen and oxygen atoms in total. The van der Waals surface area contributed by atoms with Crippen molar-refractivity contribution >= 4 is 24.1 Å². The van der Waals surface area contributed by atoms with Crippen molar-refractivity contribution in [2.75, 3.05) is 19.6 Å². The Morgan fingerprint density at radius 2 is 0.911 bits per heavy atom. The Labute approximate surface area is 270 Å². The molecule has 0 unspecified atom stereocenters. The minimum atomic E-state index is -0.474. The van der Waals surface area contributed by atoms with Crippen molar-refractivity contribution in [3.63, 3.8) is 0 Å². The molecule has 0 aliphatic carbocycles. The molecule has 3 aliphatic heterocycles. The van der Waals surface area contributed by atoms with Crippen molar-refractivity contribution in [2.45, 2.75) is 169 Å². The molecule has 3 heterocycles. The molecule has 0 aromatic carbocycles. The van der Waals surface area contributed by atoms with E-state index in [0.717, 1.165) is 0 Å². The van der Waals surface area contributed by atoms with Crippen LogP contribution in [0, 0.1) is 0 Å². The van der Waals surface area contributed by atoms with Gasteiger partial charge in [0.1, 0.15) is 22.6 Å². The van der Waals surface area contributed by atoms with Gasteiger partial charge in [0.2, 0.25) is 0 Å². The number of amides is 3. The molecule has 3 rings (SSSR count). The van der Waals surface area contributed by atoms with Crippen LogP contribution in [-0.4, -0.2) is 116 Å². The molecule has 5 atom stereocenters. The molecule has 3 amide bonds. The summed E-state index contributed by atoms with van der Waals surface area (Å²) in [6, 6.07) is 0.0771. The van der Waals surface area contributed by atoms with Gasteiger partial charge in [0.05, 0.1) is 12.2 Å². The maximum Gasteiger partial charge on any atom is 0.410 e. The van der Waals surface area contributed by atoms with Gasteiger partial charge in [-0.1, -0.05) is 0 Å². The third-order valence-electron chi connectivity index (χ3n) is 7.27. The van der Waals surface area contributed by atoms with Crippen LogP contribution >= 0.6 is 0 Å². The lowest BCUT2D eigenvalue weighted by molar-refractivity contribution is -0.122. The zero-order valence-corrected chi connectivity index (χ0v) is 29.8. The zero-order valence-electron chi connectivity index (χ0n) is 29.8. The monoisotopic (exact) mass is 643 g/mol. The van der Waals surface area contributed by atoms with Crippen molar-refractivity contribution in [3.05, 3.63) is 0 Å². The van der Waals surface area contributed by atoms with Gasteiger partial charge in [-0.2, -0.15) is 0 Å². The van der Waals surface area contributed by atoms with E-state index in [1.165, 1.54) is 0 Å². The smallest absolute Gasteiger partial charge is 0.410 e. The number of carbonyl (C=O) groups excluding carboxylic acids is 4. The summed E-state index contributed by atoms with van der Waals surface area (Å²) in [4.78, 5) is 51.4. The molecule has 3 fully saturated rings. The Kier molecular flexibility index (Phi) is 15.1. The maximum atomic E-state index is 11.8. The van der Waals surface area contributed by atoms with E-state index < -0.39 is 16.8 Å². The minimum Gasteiger partial charge on any atom is -0.444 e. The average Bonchev–Trinajstić information content (AvgIpc) is 2.81. The SMILES string of the molecule is C[C@H]1CC(=O)CCN1C(=O)OC(C)(C)C.C[C@H]1C[C@@H](O)CCN1C(=O)OC(C)(C)C.C[C@H]1C[C@H](O)CCN1C(=O)OC(C)(C)C. The van der Waals surface area contributed by atoms with Crippen LogP contribution in [0.4, 0.5) is 14.4 Å². The highest BCUT2D eigenvalue weighted by Crippen LogP contribution is 2.22. The van der Waals surface area contributed by atoms with E-state index in [1.807, 2.05) is 83.1 Å². The predicted octanol–water partition coefficient (Wildman–Crippen LogP) is 5.51. The van der Waals surface area contributed by atoms with Gasteiger partial charge in [0.25, 0.3) is 0 Å². The molecule has 0 aromatic heterocycles. The van der Waals surface area contributed by atoms with Crippen molar-refractivity contribution in [1.82, 2.24) is 14.7 Å². The van der Waals surface area contributed by atoms with E-state index in [2.05, 4.69) is 0 Å². The fourth-order valence-corrected chi connectivity index (χ4v) is 5.08. The Balaban J connectivity index is 0.000000337. The van der Waals surface area contributed by atoms with E-state index >= 15 is 0 Å². The van der Waals surface area contributed by atoms with Gasteiger partial charge in [0.15, 0.2) is 0 Å². The number of nitrogens with zero attached hydrogens (tertiary/aromatic N) is 3. The second-order valence-electron chi connectivity index (χ2n) is 15.4. The summed E-state index contributed by atoms with van der Waals surface area (Å²) in [5, 5.41) is 18.9. The number of aliphatic hydroxyl groups excluding tert-OH is 2. The van der Waals surface area contributed by atoms with Crippen LogP contribution in [0.3, 0.4) is 0 Å². The second-order valence-corrected chi connectivity index (χ2v) is 15.4. The van der Waals surface area contributed by atoms with E-state index in [4.69, 9.17) is 14.2 Å². The van der Waals surface area contributed by atoms with Gasteiger partial charge >= 0.3 is 18.3 Å². The van der Waals surface area contributed by atoms with Crippen molar-refractivity contribution in [3.8, 4) is 0 Å². The van der Waals surface area contributed by atoms with Crippen LogP contribution in [0.1, 0.15) is 122 Å². The molecular formula is C33H61N3O9. The summed E-state index contributed by atoms with van der Waals surface area (Å²) in [6.45, 7) is 24.0. The molecule has 0 spiro atoms. The Morgan fingerprint density at radius 1 is 0.600 bits per heavy atom. The number of hydrogen-bond donors (Lipinski definition) is 2. The normalized spacial score (nSPS) is 26.0. The summed E-state index contributed by atoms with van der Waals surface area (Å²) < 4.78 is 15.8. The number of Topliss-reactive ketones (excluding diaryl/α,β-unsaturated/α-hetero) is 1. The van der Waals surface area contributed by atoms with Crippen molar-refractivity contribution in [2.24, 2.45) is 0 Å². The largest absolute Gasteiger partial charge is 0.444 e. The fraction of sp³-hybridized carbons (Fsp3) is 0.879. The third kappa shape index (κ3) is 16.0. The van der Waals surface area contributed by atoms with Crippen LogP contribution in [0.5, 0.6) is 0 Å². The number of ketones is 1. The lowest BCUT2D eigenvalue weighted by Crippen LogP contribution is -2.47. The fourth-order valence-electron chi connectivity index (χ4n) is 5.08. The molecule has 0 bridgehead atoms. The molecule has 0 radical (unpaired) electrons. The summed E-state index contributed by atoms with van der Waals surface area (Å²) in [6.07, 6.45) is 2.03. The van der Waals surface area contributed by atoms with Crippen LogP contribution in [0.25, 0.3) is 0 Å². The number of ether oxygens (including phenoxy) is 3. The Morgan fingerprint density at radius 3 is 1.18 bits per heavy atom. The van der Waals surface area contributed by atoms with Gasteiger partial charge in [-0.15, -0.1) is 0 Å². The summed E-state index contributed by atoms with van der Waals surface area (Å²) in [7, 11) is 0. The first-order valence-electron chi connectivity index (χ1n) is 16.2. The van der Waals surface area contributed by atoms with Crippen LogP contribution in [0.2, 0.25) is 0 Å². The number of likely N-dealkylation sites (tertiary alicyclic amines) is 3. The van der Waals surface area contributed by atoms with Crippen LogP contribution < -0.4 is 0 Å². The second kappa shape index (κ2) is 16.8. The van der Waals surface area contributed by atoms with Crippen LogP contribution in [0.15, 0.2) is 0 Å². The first kappa shape index (κ1) is 40.4. The summed E-state index contributed by atoms with van der Waals surface area (Å²) in [5.74, 6) is 0.224. The number of hydrogen-bond acceptors (Lipinski definition) is 9. The molecule has 45 heavy (non-hydrogen) atoms. The topological polar surface area (TPSA) is 146 Å². The molecule has 262 valence electrons. The molecule has 0 saturated carbocycles. The minimum absolute atomic E-state index is 0.0406. The van der Waals surface area contributed by atoms with E-state index in [0.29, 0.717) is 58.2 Å². The highest BCUT2D eigenvalue weighted by Gasteiger charge is 2.33. The first-order valence-corrected chi connectivity index (χ1v) is 16.2. The molecule has 2 N–H and O–H groups in total. The molecule has 3 saturated heterocycles. The Bertz CT molecular complexity index is 933. The van der Waals surface area contributed by atoms with Gasteiger partial charge in [-0.25, -0.2) is 14.4 Å². The number of piperidine rings is 3. The van der Waals surface area contributed by atoms with Gasteiger partial charge < -0.3 is 39.1 Å². The van der Waals surface area contributed by atoms with Gasteiger partial charge in [-0.3, -0.25) is 4.79 Å². The van der Waals surface area contributed by atoms with E-state index in [-0.39, 0.29) is 54.4 Å². The highest BCUT2D eigenvalue weighted by atomic mass is 16.6. The zero-order chi connectivity index (χ0) is 34.9. The quantitative estimate of drug-likeness (QED) is 0.326. The molecule has 12 heteroatoms. The van der Waals surface area contributed by atoms with Crippen molar-refractivity contribution in [1.29, 1.82) is 0 Å². The van der Waals surface area contributed by atoms with E-state index in [1.54, 1.807) is 14.7 Å². The third-order valence-corrected chi connectivity index (χ3v) is 7.27. The first-order chi connectivity index (χ1) is 20.4. The number of aliphatic hydroxyl groups is 2. The van der Waals surface area contributed by atoms with E-state index in [9.17, 15) is 29.4 Å². The highest BCUT2D eigenvalue weighted by molar-refractivity contribution is 5.82. The lowest BCUT2D eigenvalue weighted by atomic mass is 10.0.